The number of ether oxygens (including phenoxy) is 1. The first-order valence-electron chi connectivity index (χ1n) is 6.30. The number of carbonyl (C=O) groups excluding carboxylic acids is 2. The minimum atomic E-state index is -0.660. The maximum atomic E-state index is 12.2. The molecule has 0 saturated heterocycles. The lowest BCUT2D eigenvalue weighted by Crippen LogP contribution is -2.17. The highest BCUT2D eigenvalue weighted by molar-refractivity contribution is 6.05. The quantitative estimate of drug-likeness (QED) is 0.485. The van der Waals surface area contributed by atoms with Crippen molar-refractivity contribution >= 4 is 29.1 Å². The minimum absolute atomic E-state index is 0.00231. The molecule has 23 heavy (non-hydrogen) atoms. The number of nitrogens with two attached hydrogens (primary N) is 1. The Bertz CT molecular complexity index is 798. The first-order chi connectivity index (χ1) is 10.8. The molecule has 0 radical (unpaired) electrons. The fraction of sp³-hybridized carbons (Fsp3) is 0.154. The van der Waals surface area contributed by atoms with E-state index in [-0.39, 0.29) is 28.6 Å². The number of esters is 1. The lowest BCUT2D eigenvalue weighted by Gasteiger charge is -2.08. The summed E-state index contributed by atoms with van der Waals surface area (Å²) in [4.78, 5) is 37.4. The summed E-state index contributed by atoms with van der Waals surface area (Å²) in [6, 6.07) is 3.87. The number of hydrogen-bond acceptors (Lipinski definition) is 7. The van der Waals surface area contributed by atoms with Gasteiger partial charge >= 0.3 is 5.97 Å². The van der Waals surface area contributed by atoms with Crippen molar-refractivity contribution in [1.29, 1.82) is 0 Å². The molecule has 2 heterocycles. The molecule has 0 aliphatic heterocycles. The van der Waals surface area contributed by atoms with Gasteiger partial charge in [-0.2, -0.15) is 0 Å². The van der Waals surface area contributed by atoms with Crippen molar-refractivity contribution in [2.75, 3.05) is 18.2 Å². The van der Waals surface area contributed by atoms with Crippen molar-refractivity contribution in [2.24, 2.45) is 7.05 Å². The zero-order valence-corrected chi connectivity index (χ0v) is 12.3. The summed E-state index contributed by atoms with van der Waals surface area (Å²) in [5.41, 5.74) is 5.73. The van der Waals surface area contributed by atoms with Crippen LogP contribution in [0.3, 0.4) is 0 Å². The molecule has 0 atom stereocenters. The first kappa shape index (κ1) is 15.9. The van der Waals surface area contributed by atoms with Crippen LogP contribution in [0.2, 0.25) is 0 Å². The first-order valence-corrected chi connectivity index (χ1v) is 6.30. The molecule has 10 heteroatoms. The summed E-state index contributed by atoms with van der Waals surface area (Å²) >= 11 is 0. The van der Waals surface area contributed by atoms with Gasteiger partial charge in [0, 0.05) is 13.1 Å². The lowest BCUT2D eigenvalue weighted by molar-refractivity contribution is -0.384. The number of aromatic nitrogens is 2. The fourth-order valence-corrected chi connectivity index (χ4v) is 1.86. The van der Waals surface area contributed by atoms with Crippen LogP contribution < -0.4 is 11.1 Å². The van der Waals surface area contributed by atoms with Crippen LogP contribution in [0.25, 0.3) is 0 Å². The summed E-state index contributed by atoms with van der Waals surface area (Å²) < 4.78 is 5.83. The Hall–Kier alpha value is -3.43. The molecule has 2 rings (SSSR count). The number of nitrogens with zero attached hydrogens (tertiary/aromatic N) is 3. The van der Waals surface area contributed by atoms with E-state index in [0.29, 0.717) is 0 Å². The summed E-state index contributed by atoms with van der Waals surface area (Å²) in [6.45, 7) is 0. The molecule has 120 valence electrons. The number of pyridine rings is 1. The molecular formula is C13H13N5O5. The molecule has 0 fully saturated rings. The molecule has 10 nitrogen and oxygen atoms in total. The van der Waals surface area contributed by atoms with Crippen LogP contribution in [-0.2, 0) is 11.8 Å². The third-order valence-corrected chi connectivity index (χ3v) is 3.00. The van der Waals surface area contributed by atoms with Gasteiger partial charge in [0.05, 0.1) is 23.9 Å². The number of nitro groups is 1. The summed E-state index contributed by atoms with van der Waals surface area (Å²) in [5.74, 6) is -1.34. The molecule has 1 amide bonds. The van der Waals surface area contributed by atoms with Crippen molar-refractivity contribution in [2.45, 2.75) is 0 Å². The van der Waals surface area contributed by atoms with Crippen molar-refractivity contribution in [1.82, 2.24) is 9.55 Å². The predicted molar refractivity (Wildman–Crippen MR) is 80.0 cm³/mol. The average molecular weight is 319 g/mol. The molecular weight excluding hydrogens is 306 g/mol. The third-order valence-electron chi connectivity index (χ3n) is 3.00. The van der Waals surface area contributed by atoms with Crippen LogP contribution in [0.5, 0.6) is 0 Å². The van der Waals surface area contributed by atoms with E-state index in [1.54, 1.807) is 0 Å². The van der Waals surface area contributed by atoms with Gasteiger partial charge in [-0.25, -0.2) is 9.78 Å². The van der Waals surface area contributed by atoms with Crippen LogP contribution in [0.1, 0.15) is 21.0 Å². The fourth-order valence-electron chi connectivity index (χ4n) is 1.86. The molecule has 0 bridgehead atoms. The second kappa shape index (κ2) is 6.13. The highest BCUT2D eigenvalue weighted by atomic mass is 16.6. The highest BCUT2D eigenvalue weighted by Crippen LogP contribution is 2.20. The molecule has 2 aromatic rings. The van der Waals surface area contributed by atoms with E-state index in [4.69, 9.17) is 5.73 Å². The van der Waals surface area contributed by atoms with E-state index in [0.717, 1.165) is 6.07 Å². The van der Waals surface area contributed by atoms with Gasteiger partial charge in [0.15, 0.2) is 5.69 Å². The molecule has 0 aliphatic rings. The second-order valence-corrected chi connectivity index (χ2v) is 4.53. The van der Waals surface area contributed by atoms with Gasteiger partial charge in [0.25, 0.3) is 11.6 Å². The summed E-state index contributed by atoms with van der Waals surface area (Å²) in [7, 11) is 2.71. The molecule has 0 aliphatic carbocycles. The van der Waals surface area contributed by atoms with E-state index in [2.05, 4.69) is 15.0 Å². The molecule has 0 aromatic carbocycles. The molecule has 3 N–H and O–H groups in total. The molecule has 0 spiro atoms. The number of amides is 1. The molecule has 0 saturated carbocycles. The maximum Gasteiger partial charge on any atom is 0.356 e. The zero-order chi connectivity index (χ0) is 17.1. The van der Waals surface area contributed by atoms with E-state index in [1.165, 1.54) is 37.1 Å². The van der Waals surface area contributed by atoms with Crippen molar-refractivity contribution in [3.63, 3.8) is 0 Å². The number of nitrogens with one attached hydrogen (secondary N) is 1. The Morgan fingerprint density at radius 1 is 1.43 bits per heavy atom. The van der Waals surface area contributed by atoms with Crippen LogP contribution in [0.4, 0.5) is 17.2 Å². The van der Waals surface area contributed by atoms with E-state index in [9.17, 15) is 19.7 Å². The van der Waals surface area contributed by atoms with Gasteiger partial charge in [-0.05, 0) is 12.1 Å². The van der Waals surface area contributed by atoms with Crippen molar-refractivity contribution in [3.05, 3.63) is 45.9 Å². The van der Waals surface area contributed by atoms with Crippen LogP contribution in [0.15, 0.2) is 24.4 Å². The average Bonchev–Trinajstić information content (AvgIpc) is 2.90. The van der Waals surface area contributed by atoms with Gasteiger partial charge in [0.2, 0.25) is 0 Å². The number of rotatable bonds is 4. The van der Waals surface area contributed by atoms with Gasteiger partial charge < -0.3 is 20.4 Å². The Balaban J connectivity index is 2.24. The Labute approximate surface area is 130 Å². The van der Waals surface area contributed by atoms with Crippen molar-refractivity contribution < 1.29 is 19.2 Å². The van der Waals surface area contributed by atoms with E-state index < -0.39 is 16.8 Å². The zero-order valence-electron chi connectivity index (χ0n) is 12.3. The number of nitrogen functional groups attached to an aromatic ring is 1. The third kappa shape index (κ3) is 3.26. The number of anilines is 2. The molecule has 0 unspecified atom stereocenters. The normalized spacial score (nSPS) is 10.2. The minimum Gasteiger partial charge on any atom is -0.464 e. The smallest absolute Gasteiger partial charge is 0.356 e. The van der Waals surface area contributed by atoms with Gasteiger partial charge in [0.1, 0.15) is 11.5 Å². The van der Waals surface area contributed by atoms with E-state index >= 15 is 0 Å². The molecule has 2 aromatic heterocycles. The Kier molecular flexibility index (Phi) is 4.25. The summed E-state index contributed by atoms with van der Waals surface area (Å²) in [5, 5.41) is 13.2. The monoisotopic (exact) mass is 319 g/mol. The highest BCUT2D eigenvalue weighted by Gasteiger charge is 2.19. The second-order valence-electron chi connectivity index (χ2n) is 4.53. The number of methoxy groups -OCH3 is 1. The number of carbonyl (C=O) groups is 2. The number of aryl methyl sites for hydroxylation is 1. The van der Waals surface area contributed by atoms with Gasteiger partial charge in [-0.1, -0.05) is 0 Å². The van der Waals surface area contributed by atoms with E-state index in [1.807, 2.05) is 0 Å². The number of hydrogen-bond donors (Lipinski definition) is 2. The van der Waals surface area contributed by atoms with Crippen LogP contribution in [0, 0.1) is 10.1 Å². The SMILES string of the molecule is COC(=O)c1ccc(NC(=O)c2cc([N+](=O)[O-])cn2C)c(N)n1. The van der Waals surface area contributed by atoms with Crippen LogP contribution in [-0.4, -0.2) is 33.5 Å². The predicted octanol–water partition coefficient (Wildman–Crippen LogP) is 0.949. The lowest BCUT2D eigenvalue weighted by atomic mass is 10.3. The van der Waals surface area contributed by atoms with Gasteiger partial charge in [-0.15, -0.1) is 0 Å². The van der Waals surface area contributed by atoms with Crippen molar-refractivity contribution in [3.8, 4) is 0 Å². The Morgan fingerprint density at radius 2 is 2.13 bits per heavy atom. The van der Waals surface area contributed by atoms with Crippen LogP contribution >= 0.6 is 0 Å². The summed E-state index contributed by atoms with van der Waals surface area (Å²) in [6.07, 6.45) is 1.22. The topological polar surface area (TPSA) is 142 Å². The standard InChI is InChI=1S/C13H13N5O5/c1-17-6-7(18(21)22)5-10(17)12(19)16-8-3-4-9(13(20)23-2)15-11(8)14/h3-6H,1-2H3,(H2,14,15)(H,16,19). The van der Waals surface area contributed by atoms with Gasteiger partial charge in [-0.3, -0.25) is 14.9 Å². The maximum absolute atomic E-state index is 12.2. The Morgan fingerprint density at radius 3 is 2.65 bits per heavy atom. The largest absolute Gasteiger partial charge is 0.464 e.